The summed E-state index contributed by atoms with van der Waals surface area (Å²) in [5, 5.41) is 0. The summed E-state index contributed by atoms with van der Waals surface area (Å²) in [5.41, 5.74) is 1.12. The zero-order chi connectivity index (χ0) is 6.10. The van der Waals surface area contributed by atoms with Gasteiger partial charge in [-0.1, -0.05) is 18.2 Å². The van der Waals surface area contributed by atoms with Crippen LogP contribution in [0.1, 0.15) is 5.56 Å². The average Bonchev–Trinajstić information content (AvgIpc) is 2.33. The van der Waals surface area contributed by atoms with E-state index in [2.05, 4.69) is 0 Å². The fourth-order valence-electron chi connectivity index (χ4n) is 0.861. The molecule has 0 saturated heterocycles. The van der Waals surface area contributed by atoms with Crippen molar-refractivity contribution >= 4 is 12.4 Å². The second kappa shape index (κ2) is 2.90. The summed E-state index contributed by atoms with van der Waals surface area (Å²) >= 11 is 0. The highest BCUT2D eigenvalue weighted by molar-refractivity contribution is 5.85. The van der Waals surface area contributed by atoms with E-state index in [1.54, 1.807) is 0 Å². The molecule has 2 rings (SSSR count). The Bertz CT molecular complexity index is 202. The van der Waals surface area contributed by atoms with E-state index in [4.69, 9.17) is 9.78 Å². The van der Waals surface area contributed by atoms with E-state index < -0.39 is 0 Å². The first-order valence-corrected chi connectivity index (χ1v) is 2.84. The predicted octanol–water partition coefficient (Wildman–Crippen LogP) is 1.93. The van der Waals surface area contributed by atoms with Crippen LogP contribution in [0.3, 0.4) is 0 Å². The van der Waals surface area contributed by atoms with E-state index in [0.717, 1.165) is 11.3 Å². The van der Waals surface area contributed by atoms with Crippen LogP contribution in [0, 0.1) is 0 Å². The Morgan fingerprint density at radius 3 is 2.80 bits per heavy atom. The maximum Gasteiger partial charge on any atom is 0.171 e. The SMILES string of the molecule is Cl.c1ccc2c(c1)COO2. The maximum absolute atomic E-state index is 4.80. The molecule has 1 aliphatic heterocycles. The minimum absolute atomic E-state index is 0. The van der Waals surface area contributed by atoms with Gasteiger partial charge in [0, 0.05) is 5.56 Å². The molecule has 0 N–H and O–H groups in total. The van der Waals surface area contributed by atoms with Gasteiger partial charge in [0.25, 0.3) is 0 Å². The Morgan fingerprint density at radius 1 is 1.20 bits per heavy atom. The minimum Gasteiger partial charge on any atom is -0.337 e. The van der Waals surface area contributed by atoms with Gasteiger partial charge >= 0.3 is 0 Å². The Balaban J connectivity index is 0.000000500. The number of hydrogen-bond acceptors (Lipinski definition) is 2. The van der Waals surface area contributed by atoms with Crippen LogP contribution in [0.5, 0.6) is 5.75 Å². The van der Waals surface area contributed by atoms with Crippen LogP contribution in [-0.4, -0.2) is 0 Å². The molecule has 0 fully saturated rings. The number of hydrogen-bond donors (Lipinski definition) is 0. The van der Waals surface area contributed by atoms with Gasteiger partial charge in [0.15, 0.2) is 5.75 Å². The zero-order valence-corrected chi connectivity index (χ0v) is 6.06. The molecule has 0 aliphatic carbocycles. The molecule has 0 unspecified atom stereocenters. The summed E-state index contributed by atoms with van der Waals surface area (Å²) in [6.07, 6.45) is 0. The molecule has 1 aromatic carbocycles. The first-order valence-electron chi connectivity index (χ1n) is 2.84. The summed E-state index contributed by atoms with van der Waals surface area (Å²) in [4.78, 5) is 9.51. The number of para-hydroxylation sites is 1. The molecule has 54 valence electrons. The Kier molecular flexibility index (Phi) is 2.14. The highest BCUT2D eigenvalue weighted by atomic mass is 35.5. The van der Waals surface area contributed by atoms with Gasteiger partial charge in [0.1, 0.15) is 6.61 Å². The molecule has 0 atom stereocenters. The molecule has 3 heteroatoms. The molecule has 0 saturated carbocycles. The molecule has 1 aromatic rings. The van der Waals surface area contributed by atoms with Crippen molar-refractivity contribution in [3.05, 3.63) is 29.8 Å². The summed E-state index contributed by atoms with van der Waals surface area (Å²) in [7, 11) is 0. The van der Waals surface area contributed by atoms with Gasteiger partial charge < -0.3 is 4.89 Å². The van der Waals surface area contributed by atoms with Crippen molar-refractivity contribution in [2.45, 2.75) is 6.61 Å². The molecule has 2 nitrogen and oxygen atoms in total. The van der Waals surface area contributed by atoms with Crippen molar-refractivity contribution in [3.8, 4) is 5.75 Å². The van der Waals surface area contributed by atoms with Crippen LogP contribution in [0.25, 0.3) is 0 Å². The van der Waals surface area contributed by atoms with Gasteiger partial charge in [-0.05, 0) is 6.07 Å². The highest BCUT2D eigenvalue weighted by Gasteiger charge is 2.10. The lowest BCUT2D eigenvalue weighted by Gasteiger charge is -1.89. The average molecular weight is 159 g/mol. The standard InChI is InChI=1S/C7H6O2.ClH/c1-2-4-7-6(3-1)5-8-9-7;/h1-4H,5H2;1H. The highest BCUT2D eigenvalue weighted by Crippen LogP contribution is 2.24. The fraction of sp³-hybridized carbons (Fsp3) is 0.143. The van der Waals surface area contributed by atoms with Crippen molar-refractivity contribution in [2.75, 3.05) is 0 Å². The van der Waals surface area contributed by atoms with Gasteiger partial charge in [-0.3, -0.25) is 0 Å². The van der Waals surface area contributed by atoms with Gasteiger partial charge in [-0.2, -0.15) is 4.89 Å². The molecule has 0 amide bonds. The van der Waals surface area contributed by atoms with Crippen LogP contribution in [-0.2, 0) is 11.5 Å². The van der Waals surface area contributed by atoms with Gasteiger partial charge in [-0.25, -0.2) is 0 Å². The van der Waals surface area contributed by atoms with Crippen LogP contribution in [0.2, 0.25) is 0 Å². The van der Waals surface area contributed by atoms with E-state index in [9.17, 15) is 0 Å². The third-order valence-electron chi connectivity index (χ3n) is 1.34. The van der Waals surface area contributed by atoms with E-state index >= 15 is 0 Å². The Labute approximate surface area is 65.1 Å². The van der Waals surface area contributed by atoms with E-state index in [0.29, 0.717) is 6.61 Å². The van der Waals surface area contributed by atoms with Crippen LogP contribution in [0.15, 0.2) is 24.3 Å². The molecule has 10 heavy (non-hydrogen) atoms. The fourth-order valence-corrected chi connectivity index (χ4v) is 0.861. The predicted molar refractivity (Wildman–Crippen MR) is 39.1 cm³/mol. The second-order valence-corrected chi connectivity index (χ2v) is 1.95. The van der Waals surface area contributed by atoms with Crippen LogP contribution < -0.4 is 4.89 Å². The van der Waals surface area contributed by atoms with Crippen LogP contribution in [0.4, 0.5) is 0 Å². The topological polar surface area (TPSA) is 18.5 Å². The van der Waals surface area contributed by atoms with Gasteiger partial charge in [0.2, 0.25) is 0 Å². The zero-order valence-electron chi connectivity index (χ0n) is 5.24. The van der Waals surface area contributed by atoms with Gasteiger partial charge in [-0.15, -0.1) is 12.4 Å². The lowest BCUT2D eigenvalue weighted by atomic mass is 10.2. The summed E-state index contributed by atoms with van der Waals surface area (Å²) in [5.74, 6) is 0.845. The number of halogens is 1. The largest absolute Gasteiger partial charge is 0.337 e. The Morgan fingerprint density at radius 2 is 2.00 bits per heavy atom. The first-order chi connectivity index (χ1) is 4.47. The minimum atomic E-state index is 0. The number of benzene rings is 1. The smallest absolute Gasteiger partial charge is 0.171 e. The quantitative estimate of drug-likeness (QED) is 0.538. The molecular weight excluding hydrogens is 152 g/mol. The first kappa shape index (κ1) is 7.38. The second-order valence-electron chi connectivity index (χ2n) is 1.95. The van der Waals surface area contributed by atoms with Crippen molar-refractivity contribution in [2.24, 2.45) is 0 Å². The number of fused-ring (bicyclic) bond motifs is 1. The molecule has 0 aromatic heterocycles. The molecule has 1 heterocycles. The number of rotatable bonds is 0. The maximum atomic E-state index is 4.80. The third kappa shape index (κ3) is 1.08. The monoisotopic (exact) mass is 158 g/mol. The normalized spacial score (nSPS) is 13.2. The molecule has 1 aliphatic rings. The lowest BCUT2D eigenvalue weighted by Crippen LogP contribution is -1.80. The van der Waals surface area contributed by atoms with E-state index in [1.807, 2.05) is 24.3 Å². The molecule has 0 bridgehead atoms. The summed E-state index contributed by atoms with van der Waals surface area (Å²) < 4.78 is 0. The Hall–Kier alpha value is -0.730. The molecular formula is C7H7ClO2. The van der Waals surface area contributed by atoms with Crippen LogP contribution >= 0.6 is 12.4 Å². The van der Waals surface area contributed by atoms with Crippen molar-refractivity contribution in [1.82, 2.24) is 0 Å². The van der Waals surface area contributed by atoms with E-state index in [-0.39, 0.29) is 12.4 Å². The van der Waals surface area contributed by atoms with Gasteiger partial charge in [0.05, 0.1) is 0 Å². The lowest BCUT2D eigenvalue weighted by molar-refractivity contribution is -0.194. The third-order valence-corrected chi connectivity index (χ3v) is 1.34. The van der Waals surface area contributed by atoms with Crippen molar-refractivity contribution in [1.29, 1.82) is 0 Å². The molecule has 0 radical (unpaired) electrons. The van der Waals surface area contributed by atoms with Crippen molar-refractivity contribution < 1.29 is 9.78 Å². The van der Waals surface area contributed by atoms with E-state index in [1.165, 1.54) is 0 Å². The van der Waals surface area contributed by atoms with Crippen molar-refractivity contribution in [3.63, 3.8) is 0 Å². The summed E-state index contributed by atoms with van der Waals surface area (Å²) in [6.45, 7) is 0.580. The summed E-state index contributed by atoms with van der Waals surface area (Å²) in [6, 6.07) is 7.77. The molecule has 0 spiro atoms.